The van der Waals surface area contributed by atoms with Gasteiger partial charge in [0.1, 0.15) is 0 Å². The Morgan fingerprint density at radius 2 is 2.27 bits per heavy atom. The SMILES string of the molecule is NCc1ccc2ccoc2n1. The van der Waals surface area contributed by atoms with Gasteiger partial charge < -0.3 is 10.2 Å². The molecule has 0 atom stereocenters. The summed E-state index contributed by atoms with van der Waals surface area (Å²) in [6.45, 7) is 0.455. The smallest absolute Gasteiger partial charge is 0.226 e. The van der Waals surface area contributed by atoms with E-state index in [4.69, 9.17) is 10.2 Å². The fourth-order valence-corrected chi connectivity index (χ4v) is 0.996. The average Bonchev–Trinajstić information content (AvgIpc) is 2.50. The van der Waals surface area contributed by atoms with Crippen LogP contribution in [0.1, 0.15) is 5.69 Å². The molecule has 0 aliphatic carbocycles. The van der Waals surface area contributed by atoms with Crippen molar-refractivity contribution in [2.45, 2.75) is 6.54 Å². The predicted octanol–water partition coefficient (Wildman–Crippen LogP) is 1.29. The lowest BCUT2D eigenvalue weighted by Gasteiger charge is -1.92. The Labute approximate surface area is 63.8 Å². The van der Waals surface area contributed by atoms with E-state index in [0.717, 1.165) is 11.1 Å². The summed E-state index contributed by atoms with van der Waals surface area (Å²) in [5.41, 5.74) is 6.92. The lowest BCUT2D eigenvalue weighted by atomic mass is 10.3. The molecular weight excluding hydrogens is 140 g/mol. The number of aromatic nitrogens is 1. The summed E-state index contributed by atoms with van der Waals surface area (Å²) in [6.07, 6.45) is 1.62. The van der Waals surface area contributed by atoms with Crippen molar-refractivity contribution in [3.63, 3.8) is 0 Å². The maximum absolute atomic E-state index is 5.41. The molecule has 2 aromatic rings. The molecule has 0 amide bonds. The van der Waals surface area contributed by atoms with Gasteiger partial charge in [0.15, 0.2) is 0 Å². The van der Waals surface area contributed by atoms with E-state index in [-0.39, 0.29) is 0 Å². The van der Waals surface area contributed by atoms with Crippen LogP contribution in [0.25, 0.3) is 11.1 Å². The van der Waals surface area contributed by atoms with Crippen molar-refractivity contribution in [2.75, 3.05) is 0 Å². The van der Waals surface area contributed by atoms with Crippen LogP contribution in [-0.4, -0.2) is 4.98 Å². The Morgan fingerprint density at radius 1 is 1.36 bits per heavy atom. The van der Waals surface area contributed by atoms with Crippen molar-refractivity contribution in [1.82, 2.24) is 4.98 Å². The van der Waals surface area contributed by atoms with E-state index in [1.54, 1.807) is 6.26 Å². The Bertz CT molecular complexity index is 367. The molecule has 0 saturated heterocycles. The van der Waals surface area contributed by atoms with E-state index < -0.39 is 0 Å². The molecule has 0 aliphatic rings. The van der Waals surface area contributed by atoms with Crippen molar-refractivity contribution in [2.24, 2.45) is 5.73 Å². The molecular formula is C8H8N2O. The van der Waals surface area contributed by atoms with E-state index in [0.29, 0.717) is 12.3 Å². The maximum Gasteiger partial charge on any atom is 0.226 e. The van der Waals surface area contributed by atoms with E-state index in [2.05, 4.69) is 4.98 Å². The third-order valence-electron chi connectivity index (χ3n) is 1.58. The van der Waals surface area contributed by atoms with Crippen LogP contribution in [0.5, 0.6) is 0 Å². The zero-order chi connectivity index (χ0) is 7.68. The summed E-state index contributed by atoms with van der Waals surface area (Å²) in [7, 11) is 0. The van der Waals surface area contributed by atoms with E-state index in [1.807, 2.05) is 18.2 Å². The number of pyridine rings is 1. The third-order valence-corrected chi connectivity index (χ3v) is 1.58. The molecule has 2 aromatic heterocycles. The minimum Gasteiger partial charge on any atom is -0.446 e. The second-order valence-corrected chi connectivity index (χ2v) is 2.32. The first-order chi connectivity index (χ1) is 5.40. The van der Waals surface area contributed by atoms with Crippen LogP contribution < -0.4 is 5.73 Å². The van der Waals surface area contributed by atoms with Gasteiger partial charge in [0, 0.05) is 11.9 Å². The number of nitrogens with zero attached hydrogens (tertiary/aromatic N) is 1. The van der Waals surface area contributed by atoms with Crippen LogP contribution in [0.4, 0.5) is 0 Å². The number of rotatable bonds is 1. The van der Waals surface area contributed by atoms with Gasteiger partial charge in [-0.2, -0.15) is 0 Å². The van der Waals surface area contributed by atoms with Crippen LogP contribution in [0.2, 0.25) is 0 Å². The summed E-state index contributed by atoms with van der Waals surface area (Å²) in [4.78, 5) is 4.16. The van der Waals surface area contributed by atoms with Crippen LogP contribution in [0.3, 0.4) is 0 Å². The largest absolute Gasteiger partial charge is 0.446 e. The molecule has 3 nitrogen and oxygen atoms in total. The van der Waals surface area contributed by atoms with Gasteiger partial charge >= 0.3 is 0 Å². The Hall–Kier alpha value is -1.35. The van der Waals surface area contributed by atoms with Gasteiger partial charge in [-0.25, -0.2) is 4.98 Å². The fourth-order valence-electron chi connectivity index (χ4n) is 0.996. The highest BCUT2D eigenvalue weighted by Gasteiger charge is 1.97. The van der Waals surface area contributed by atoms with Gasteiger partial charge in [0.2, 0.25) is 5.71 Å². The van der Waals surface area contributed by atoms with Gasteiger partial charge in [0.25, 0.3) is 0 Å². The van der Waals surface area contributed by atoms with Crippen molar-refractivity contribution in [3.05, 3.63) is 30.2 Å². The number of hydrogen-bond acceptors (Lipinski definition) is 3. The highest BCUT2D eigenvalue weighted by Crippen LogP contribution is 2.12. The summed E-state index contributed by atoms with van der Waals surface area (Å²) >= 11 is 0. The first-order valence-corrected chi connectivity index (χ1v) is 3.43. The zero-order valence-electron chi connectivity index (χ0n) is 5.95. The summed E-state index contributed by atoms with van der Waals surface area (Å²) in [6, 6.07) is 5.73. The topological polar surface area (TPSA) is 52.0 Å². The third kappa shape index (κ3) is 0.991. The standard InChI is InChI=1S/C8H8N2O/c9-5-7-2-1-6-3-4-11-8(6)10-7/h1-4H,5,9H2. The van der Waals surface area contributed by atoms with Crippen LogP contribution >= 0.6 is 0 Å². The lowest BCUT2D eigenvalue weighted by Crippen LogP contribution is -1.98. The first kappa shape index (κ1) is 6.37. The van der Waals surface area contributed by atoms with Crippen LogP contribution in [-0.2, 0) is 6.54 Å². The molecule has 2 N–H and O–H groups in total. The van der Waals surface area contributed by atoms with Gasteiger partial charge in [-0.15, -0.1) is 0 Å². The molecule has 3 heteroatoms. The number of nitrogens with two attached hydrogens (primary N) is 1. The minimum atomic E-state index is 0.455. The molecule has 0 unspecified atom stereocenters. The Morgan fingerprint density at radius 3 is 3.09 bits per heavy atom. The second-order valence-electron chi connectivity index (χ2n) is 2.32. The molecule has 11 heavy (non-hydrogen) atoms. The summed E-state index contributed by atoms with van der Waals surface area (Å²) in [5.74, 6) is 0. The number of furan rings is 1. The fraction of sp³-hybridized carbons (Fsp3) is 0.125. The van der Waals surface area contributed by atoms with Gasteiger partial charge in [-0.05, 0) is 18.2 Å². The highest BCUT2D eigenvalue weighted by atomic mass is 16.3. The average molecular weight is 148 g/mol. The monoisotopic (exact) mass is 148 g/mol. The Balaban J connectivity index is 2.67. The molecule has 56 valence electrons. The van der Waals surface area contributed by atoms with E-state index in [9.17, 15) is 0 Å². The minimum absolute atomic E-state index is 0.455. The van der Waals surface area contributed by atoms with Gasteiger partial charge in [0.05, 0.1) is 12.0 Å². The van der Waals surface area contributed by atoms with Gasteiger partial charge in [-0.3, -0.25) is 0 Å². The molecule has 2 rings (SSSR count). The second kappa shape index (κ2) is 2.36. The molecule has 0 saturated carbocycles. The molecule has 0 radical (unpaired) electrons. The van der Waals surface area contributed by atoms with Crippen molar-refractivity contribution < 1.29 is 4.42 Å². The normalized spacial score (nSPS) is 10.6. The summed E-state index contributed by atoms with van der Waals surface area (Å²) < 4.78 is 5.09. The molecule has 0 aromatic carbocycles. The van der Waals surface area contributed by atoms with Crippen molar-refractivity contribution in [1.29, 1.82) is 0 Å². The molecule has 0 fully saturated rings. The molecule has 0 bridgehead atoms. The van der Waals surface area contributed by atoms with Crippen LogP contribution in [0.15, 0.2) is 28.9 Å². The van der Waals surface area contributed by atoms with Crippen molar-refractivity contribution in [3.8, 4) is 0 Å². The van der Waals surface area contributed by atoms with E-state index in [1.165, 1.54) is 0 Å². The number of hydrogen-bond donors (Lipinski definition) is 1. The lowest BCUT2D eigenvalue weighted by molar-refractivity contribution is 0.601. The Kier molecular flexibility index (Phi) is 1.36. The zero-order valence-corrected chi connectivity index (χ0v) is 5.95. The van der Waals surface area contributed by atoms with Crippen LogP contribution in [0, 0.1) is 0 Å². The van der Waals surface area contributed by atoms with Gasteiger partial charge in [-0.1, -0.05) is 0 Å². The quantitative estimate of drug-likeness (QED) is 0.662. The summed E-state index contributed by atoms with van der Waals surface area (Å²) in [5, 5.41) is 1.02. The van der Waals surface area contributed by atoms with Crippen molar-refractivity contribution >= 4 is 11.1 Å². The molecule has 0 spiro atoms. The highest BCUT2D eigenvalue weighted by molar-refractivity contribution is 5.72. The first-order valence-electron chi connectivity index (χ1n) is 3.43. The van der Waals surface area contributed by atoms with E-state index >= 15 is 0 Å². The maximum atomic E-state index is 5.41. The number of fused-ring (bicyclic) bond motifs is 1. The predicted molar refractivity (Wildman–Crippen MR) is 41.9 cm³/mol. The molecule has 2 heterocycles. The molecule has 0 aliphatic heterocycles.